The maximum Gasteiger partial charge on any atom is 0.212 e. The number of Topliss-reactive ketones (excluding diaryl/α,β-unsaturated/α-hetero) is 1. The summed E-state index contributed by atoms with van der Waals surface area (Å²) in [7, 11) is 0. The van der Waals surface area contributed by atoms with Crippen molar-refractivity contribution in [3.05, 3.63) is 39.5 Å². The molecule has 0 amide bonds. The summed E-state index contributed by atoms with van der Waals surface area (Å²) in [5, 5.41) is 9.34. The van der Waals surface area contributed by atoms with Crippen LogP contribution in [0.25, 0.3) is 0 Å². The number of nitriles is 1. The molecular formula is C12H10Cl2N2O2. The third-order valence-electron chi connectivity index (χ3n) is 2.05. The van der Waals surface area contributed by atoms with Gasteiger partial charge in [-0.1, -0.05) is 29.3 Å². The summed E-state index contributed by atoms with van der Waals surface area (Å²) >= 11 is 11.7. The van der Waals surface area contributed by atoms with Crippen molar-refractivity contribution in [2.24, 2.45) is 5.73 Å². The number of allylic oxidation sites excluding steroid dienone is 1. The first-order valence-electron chi connectivity index (χ1n) is 4.93. The van der Waals surface area contributed by atoms with Crippen molar-refractivity contribution in [1.82, 2.24) is 0 Å². The molecule has 2 N–H and O–H groups in total. The van der Waals surface area contributed by atoms with E-state index >= 15 is 0 Å². The standard InChI is InChI=1S/C12H10Cl2N2O2/c1-7(16)8(5-15)11(17)6-18-12-9(13)3-2-4-10(12)14/h2-4H,6,16H2,1H3/b8-7+. The van der Waals surface area contributed by atoms with Crippen LogP contribution in [-0.4, -0.2) is 12.4 Å². The lowest BCUT2D eigenvalue weighted by atomic mass is 10.1. The molecule has 0 aromatic heterocycles. The van der Waals surface area contributed by atoms with Gasteiger partial charge in [0.2, 0.25) is 5.78 Å². The molecule has 0 saturated carbocycles. The molecule has 0 aliphatic carbocycles. The average Bonchev–Trinajstić information content (AvgIpc) is 2.28. The summed E-state index contributed by atoms with van der Waals surface area (Å²) < 4.78 is 5.21. The number of carbonyl (C=O) groups is 1. The van der Waals surface area contributed by atoms with E-state index in [-0.39, 0.29) is 23.6 Å². The van der Waals surface area contributed by atoms with E-state index in [1.54, 1.807) is 24.3 Å². The fourth-order valence-corrected chi connectivity index (χ4v) is 1.71. The van der Waals surface area contributed by atoms with Gasteiger partial charge in [-0.15, -0.1) is 0 Å². The van der Waals surface area contributed by atoms with Crippen LogP contribution in [0.1, 0.15) is 6.92 Å². The summed E-state index contributed by atoms with van der Waals surface area (Å²) in [6, 6.07) is 6.55. The molecule has 0 heterocycles. The van der Waals surface area contributed by atoms with E-state index in [4.69, 9.17) is 38.9 Å². The van der Waals surface area contributed by atoms with Crippen LogP contribution in [0.2, 0.25) is 10.0 Å². The molecule has 1 aromatic rings. The number of nitrogens with zero attached hydrogens (tertiary/aromatic N) is 1. The number of ketones is 1. The Hall–Kier alpha value is -1.70. The average molecular weight is 285 g/mol. The minimum atomic E-state index is -0.520. The van der Waals surface area contributed by atoms with Crippen LogP contribution >= 0.6 is 23.2 Å². The minimum Gasteiger partial charge on any atom is -0.482 e. The van der Waals surface area contributed by atoms with Crippen molar-refractivity contribution in [2.75, 3.05) is 6.61 Å². The van der Waals surface area contributed by atoms with Crippen molar-refractivity contribution in [1.29, 1.82) is 5.26 Å². The number of para-hydroxylation sites is 1. The van der Waals surface area contributed by atoms with Crippen LogP contribution < -0.4 is 10.5 Å². The van der Waals surface area contributed by atoms with Crippen molar-refractivity contribution in [3.63, 3.8) is 0 Å². The molecule has 18 heavy (non-hydrogen) atoms. The number of halogens is 2. The SMILES string of the molecule is C/C(N)=C(/C#N)C(=O)COc1c(Cl)cccc1Cl. The number of hydrogen-bond donors (Lipinski definition) is 1. The smallest absolute Gasteiger partial charge is 0.212 e. The molecule has 0 saturated heterocycles. The first kappa shape index (κ1) is 14.4. The van der Waals surface area contributed by atoms with E-state index in [0.717, 1.165) is 0 Å². The van der Waals surface area contributed by atoms with E-state index in [1.807, 2.05) is 0 Å². The molecule has 94 valence electrons. The summed E-state index contributed by atoms with van der Waals surface area (Å²) in [5.41, 5.74) is 5.43. The predicted octanol–water partition coefficient (Wildman–Crippen LogP) is 2.70. The Morgan fingerprint density at radius 3 is 2.44 bits per heavy atom. The molecule has 4 nitrogen and oxygen atoms in total. The van der Waals surface area contributed by atoms with Crippen LogP contribution in [0.4, 0.5) is 0 Å². The number of ether oxygens (including phenoxy) is 1. The largest absolute Gasteiger partial charge is 0.482 e. The van der Waals surface area contributed by atoms with E-state index in [1.165, 1.54) is 6.92 Å². The third kappa shape index (κ3) is 3.39. The van der Waals surface area contributed by atoms with Crippen LogP contribution in [0.5, 0.6) is 5.75 Å². The lowest BCUT2D eigenvalue weighted by molar-refractivity contribution is -0.117. The fourth-order valence-electron chi connectivity index (χ4n) is 1.20. The highest BCUT2D eigenvalue weighted by molar-refractivity contribution is 6.37. The maximum atomic E-state index is 11.6. The van der Waals surface area contributed by atoms with E-state index in [0.29, 0.717) is 10.0 Å². The number of hydrogen-bond acceptors (Lipinski definition) is 4. The van der Waals surface area contributed by atoms with Crippen LogP contribution in [0.3, 0.4) is 0 Å². The molecule has 0 radical (unpaired) electrons. The topological polar surface area (TPSA) is 76.1 Å². The van der Waals surface area contributed by atoms with E-state index in [9.17, 15) is 4.79 Å². The molecule has 0 aliphatic heterocycles. The minimum absolute atomic E-state index is 0.127. The highest BCUT2D eigenvalue weighted by atomic mass is 35.5. The molecule has 0 unspecified atom stereocenters. The second-order valence-electron chi connectivity index (χ2n) is 3.43. The lowest BCUT2D eigenvalue weighted by Gasteiger charge is -2.08. The zero-order chi connectivity index (χ0) is 13.7. The van der Waals surface area contributed by atoms with E-state index < -0.39 is 5.78 Å². The quantitative estimate of drug-likeness (QED) is 0.681. The summed E-state index contributed by atoms with van der Waals surface area (Å²) in [5.74, 6) is -0.311. The molecule has 0 bridgehead atoms. The molecule has 0 spiro atoms. The normalized spacial score (nSPS) is 11.4. The van der Waals surface area contributed by atoms with Gasteiger partial charge >= 0.3 is 0 Å². The van der Waals surface area contributed by atoms with Gasteiger partial charge in [0.05, 0.1) is 10.0 Å². The Labute approximate surface area is 115 Å². The Balaban J connectivity index is 2.82. The van der Waals surface area contributed by atoms with Gasteiger partial charge in [0.25, 0.3) is 0 Å². The fraction of sp³-hybridized carbons (Fsp3) is 0.167. The van der Waals surface area contributed by atoms with Crippen LogP contribution in [-0.2, 0) is 4.79 Å². The Morgan fingerprint density at radius 2 is 2.00 bits per heavy atom. The zero-order valence-electron chi connectivity index (χ0n) is 9.54. The number of carbonyl (C=O) groups excluding carboxylic acids is 1. The Morgan fingerprint density at radius 1 is 1.44 bits per heavy atom. The van der Waals surface area contributed by atoms with Gasteiger partial charge in [-0.3, -0.25) is 4.79 Å². The summed E-state index contributed by atoms with van der Waals surface area (Å²) in [6.45, 7) is 1.12. The Bertz CT molecular complexity index is 523. The highest BCUT2D eigenvalue weighted by Crippen LogP contribution is 2.32. The van der Waals surface area contributed by atoms with Gasteiger partial charge in [-0.05, 0) is 19.1 Å². The van der Waals surface area contributed by atoms with Crippen molar-refractivity contribution < 1.29 is 9.53 Å². The second-order valence-corrected chi connectivity index (χ2v) is 4.25. The lowest BCUT2D eigenvalue weighted by Crippen LogP contribution is -2.16. The maximum absolute atomic E-state index is 11.6. The van der Waals surface area contributed by atoms with Gasteiger partial charge in [0, 0.05) is 5.70 Å². The zero-order valence-corrected chi connectivity index (χ0v) is 11.0. The van der Waals surface area contributed by atoms with Gasteiger partial charge in [-0.2, -0.15) is 5.26 Å². The van der Waals surface area contributed by atoms with E-state index in [2.05, 4.69) is 0 Å². The Kier molecular flexibility index (Phi) is 5.02. The monoisotopic (exact) mass is 284 g/mol. The summed E-state index contributed by atoms with van der Waals surface area (Å²) in [6.07, 6.45) is 0. The molecule has 6 heteroatoms. The van der Waals surface area contributed by atoms with Gasteiger partial charge < -0.3 is 10.5 Å². The molecule has 0 fully saturated rings. The number of rotatable bonds is 4. The third-order valence-corrected chi connectivity index (χ3v) is 2.65. The molecular weight excluding hydrogens is 275 g/mol. The predicted molar refractivity (Wildman–Crippen MR) is 69.5 cm³/mol. The number of nitrogens with two attached hydrogens (primary N) is 1. The van der Waals surface area contributed by atoms with Crippen molar-refractivity contribution >= 4 is 29.0 Å². The molecule has 1 rings (SSSR count). The van der Waals surface area contributed by atoms with Crippen molar-refractivity contribution in [2.45, 2.75) is 6.92 Å². The molecule has 1 aromatic carbocycles. The first-order chi connectivity index (χ1) is 8.47. The van der Waals surface area contributed by atoms with Crippen LogP contribution in [0, 0.1) is 11.3 Å². The van der Waals surface area contributed by atoms with Crippen molar-refractivity contribution in [3.8, 4) is 11.8 Å². The van der Waals surface area contributed by atoms with Gasteiger partial charge in [0.1, 0.15) is 11.6 Å². The first-order valence-corrected chi connectivity index (χ1v) is 5.69. The van der Waals surface area contributed by atoms with Gasteiger partial charge in [0.15, 0.2) is 12.4 Å². The van der Waals surface area contributed by atoms with Crippen LogP contribution in [0.15, 0.2) is 29.5 Å². The second kappa shape index (κ2) is 6.29. The summed E-state index contributed by atoms with van der Waals surface area (Å²) in [4.78, 5) is 11.6. The molecule has 0 atom stereocenters. The molecule has 0 aliphatic rings. The number of benzene rings is 1. The highest BCUT2D eigenvalue weighted by Gasteiger charge is 2.14. The van der Waals surface area contributed by atoms with Gasteiger partial charge in [-0.25, -0.2) is 0 Å².